The number of anilines is 1. The summed E-state index contributed by atoms with van der Waals surface area (Å²) in [5.41, 5.74) is 0.771. The van der Waals surface area contributed by atoms with Crippen LogP contribution in [0.4, 0.5) is 10.5 Å². The van der Waals surface area contributed by atoms with Crippen LogP contribution in [0, 0.1) is 5.92 Å². The first kappa shape index (κ1) is 12.9. The van der Waals surface area contributed by atoms with Gasteiger partial charge in [-0.15, -0.1) is 0 Å². The van der Waals surface area contributed by atoms with Crippen LogP contribution >= 0.6 is 0 Å². The van der Waals surface area contributed by atoms with Gasteiger partial charge in [-0.3, -0.25) is 4.68 Å². The molecule has 2 amide bonds. The minimum Gasteiger partial charge on any atom is -0.325 e. The lowest BCUT2D eigenvalue weighted by Crippen LogP contribution is -2.40. The fraction of sp³-hybridized carbons (Fsp3) is 0.692. The van der Waals surface area contributed by atoms with E-state index in [0.29, 0.717) is 6.04 Å². The average molecular weight is 250 g/mol. The Labute approximate surface area is 108 Å². The highest BCUT2D eigenvalue weighted by molar-refractivity contribution is 5.89. The summed E-state index contributed by atoms with van der Waals surface area (Å²) in [7, 11) is 0. The molecule has 0 saturated carbocycles. The number of nitrogens with one attached hydrogen (secondary N) is 1. The van der Waals surface area contributed by atoms with Crippen LogP contribution in [0.5, 0.6) is 0 Å². The number of likely N-dealkylation sites (tertiary alicyclic amines) is 1. The molecule has 0 bridgehead atoms. The first-order chi connectivity index (χ1) is 8.56. The number of amides is 2. The predicted molar refractivity (Wildman–Crippen MR) is 71.6 cm³/mol. The summed E-state index contributed by atoms with van der Waals surface area (Å²) in [6.45, 7) is 8.06. The molecule has 0 spiro atoms. The Hall–Kier alpha value is -1.52. The van der Waals surface area contributed by atoms with Crippen molar-refractivity contribution in [3.8, 4) is 0 Å². The van der Waals surface area contributed by atoms with Crippen molar-refractivity contribution in [1.29, 1.82) is 0 Å². The SMILES string of the molecule is CC1CCN(C(=O)Nc2cnn(C(C)C)c2)CC1. The van der Waals surface area contributed by atoms with Crippen LogP contribution < -0.4 is 5.32 Å². The van der Waals surface area contributed by atoms with Gasteiger partial charge in [0.1, 0.15) is 0 Å². The minimum atomic E-state index is -0.00907. The second-order valence-corrected chi connectivity index (χ2v) is 5.40. The van der Waals surface area contributed by atoms with Crippen LogP contribution in [0.1, 0.15) is 39.7 Å². The molecule has 100 valence electrons. The smallest absolute Gasteiger partial charge is 0.321 e. The van der Waals surface area contributed by atoms with Crippen molar-refractivity contribution in [3.05, 3.63) is 12.4 Å². The molecule has 2 heterocycles. The zero-order valence-corrected chi connectivity index (χ0v) is 11.4. The number of hydrogen-bond donors (Lipinski definition) is 1. The maximum atomic E-state index is 12.0. The van der Waals surface area contributed by atoms with Crippen molar-refractivity contribution in [3.63, 3.8) is 0 Å². The number of rotatable bonds is 2. The Kier molecular flexibility index (Phi) is 3.89. The van der Waals surface area contributed by atoms with E-state index in [1.54, 1.807) is 6.20 Å². The van der Waals surface area contributed by atoms with Gasteiger partial charge in [0.15, 0.2) is 0 Å². The normalized spacial score (nSPS) is 17.2. The van der Waals surface area contributed by atoms with Crippen molar-refractivity contribution < 1.29 is 4.79 Å². The largest absolute Gasteiger partial charge is 0.325 e. The molecule has 18 heavy (non-hydrogen) atoms. The van der Waals surface area contributed by atoms with Gasteiger partial charge in [-0.25, -0.2) is 4.79 Å². The summed E-state index contributed by atoms with van der Waals surface area (Å²) in [6, 6.07) is 0.302. The van der Waals surface area contributed by atoms with Crippen molar-refractivity contribution in [2.75, 3.05) is 18.4 Å². The van der Waals surface area contributed by atoms with Crippen LogP contribution in [0.15, 0.2) is 12.4 Å². The second kappa shape index (κ2) is 5.42. The number of piperidine rings is 1. The van der Waals surface area contributed by atoms with E-state index in [1.807, 2.05) is 15.8 Å². The van der Waals surface area contributed by atoms with Crippen molar-refractivity contribution in [2.45, 2.75) is 39.7 Å². The van der Waals surface area contributed by atoms with Gasteiger partial charge in [0.25, 0.3) is 0 Å². The number of aromatic nitrogens is 2. The van der Waals surface area contributed by atoms with E-state index >= 15 is 0 Å². The van der Waals surface area contributed by atoms with E-state index in [9.17, 15) is 4.79 Å². The molecule has 1 N–H and O–H groups in total. The Morgan fingerprint density at radius 1 is 1.44 bits per heavy atom. The third-order valence-corrected chi connectivity index (χ3v) is 3.45. The Morgan fingerprint density at radius 2 is 2.11 bits per heavy atom. The number of carbonyl (C=O) groups excluding carboxylic acids is 1. The fourth-order valence-electron chi connectivity index (χ4n) is 2.10. The van der Waals surface area contributed by atoms with Crippen LogP contribution in [-0.4, -0.2) is 33.8 Å². The van der Waals surface area contributed by atoms with Gasteiger partial charge in [-0.2, -0.15) is 5.10 Å². The average Bonchev–Trinajstić information content (AvgIpc) is 2.78. The summed E-state index contributed by atoms with van der Waals surface area (Å²) < 4.78 is 1.84. The van der Waals surface area contributed by atoms with Crippen LogP contribution in [0.2, 0.25) is 0 Å². The van der Waals surface area contributed by atoms with Gasteiger partial charge < -0.3 is 10.2 Å². The third-order valence-electron chi connectivity index (χ3n) is 3.45. The molecule has 0 aliphatic carbocycles. The summed E-state index contributed by atoms with van der Waals surface area (Å²) in [5.74, 6) is 0.734. The molecular formula is C13H22N4O. The van der Waals surface area contributed by atoms with Gasteiger partial charge >= 0.3 is 6.03 Å². The van der Waals surface area contributed by atoms with Crippen LogP contribution in [0.25, 0.3) is 0 Å². The van der Waals surface area contributed by atoms with Crippen molar-refractivity contribution in [1.82, 2.24) is 14.7 Å². The van der Waals surface area contributed by atoms with Gasteiger partial charge in [-0.1, -0.05) is 6.92 Å². The topological polar surface area (TPSA) is 50.2 Å². The highest BCUT2D eigenvalue weighted by Crippen LogP contribution is 2.17. The standard InChI is InChI=1S/C13H22N4O/c1-10(2)17-9-12(8-14-17)15-13(18)16-6-4-11(3)5-7-16/h8-11H,4-7H2,1-3H3,(H,15,18). The van der Waals surface area contributed by atoms with Crippen LogP contribution in [-0.2, 0) is 0 Å². The van der Waals surface area contributed by atoms with Crippen molar-refractivity contribution >= 4 is 11.7 Å². The molecule has 0 aromatic carbocycles. The molecule has 1 aromatic rings. The zero-order chi connectivity index (χ0) is 13.1. The van der Waals surface area contributed by atoms with Gasteiger partial charge in [0.2, 0.25) is 0 Å². The minimum absolute atomic E-state index is 0.00907. The summed E-state index contributed by atoms with van der Waals surface area (Å²) in [5, 5.41) is 7.11. The lowest BCUT2D eigenvalue weighted by atomic mass is 10.00. The molecule has 0 radical (unpaired) electrons. The molecule has 5 heteroatoms. The number of urea groups is 1. The number of carbonyl (C=O) groups is 1. The first-order valence-corrected chi connectivity index (χ1v) is 6.66. The summed E-state index contributed by atoms with van der Waals surface area (Å²) in [4.78, 5) is 13.9. The highest BCUT2D eigenvalue weighted by atomic mass is 16.2. The fourth-order valence-corrected chi connectivity index (χ4v) is 2.10. The maximum Gasteiger partial charge on any atom is 0.321 e. The lowest BCUT2D eigenvalue weighted by molar-refractivity contribution is 0.186. The highest BCUT2D eigenvalue weighted by Gasteiger charge is 2.20. The molecule has 0 atom stereocenters. The predicted octanol–water partition coefficient (Wildman–Crippen LogP) is 2.73. The summed E-state index contributed by atoms with van der Waals surface area (Å²) in [6.07, 6.45) is 5.76. The molecule has 1 aromatic heterocycles. The Morgan fingerprint density at radius 3 is 2.67 bits per heavy atom. The van der Waals surface area contributed by atoms with E-state index in [-0.39, 0.29) is 6.03 Å². The van der Waals surface area contributed by atoms with Gasteiger partial charge in [-0.05, 0) is 32.6 Å². The molecule has 5 nitrogen and oxygen atoms in total. The monoisotopic (exact) mass is 250 g/mol. The molecule has 0 unspecified atom stereocenters. The molecule has 1 saturated heterocycles. The third kappa shape index (κ3) is 3.03. The van der Waals surface area contributed by atoms with E-state index in [0.717, 1.165) is 37.5 Å². The Balaban J connectivity index is 1.90. The van der Waals surface area contributed by atoms with E-state index in [2.05, 4.69) is 31.2 Å². The summed E-state index contributed by atoms with van der Waals surface area (Å²) >= 11 is 0. The molecule has 2 rings (SSSR count). The van der Waals surface area contributed by atoms with Gasteiger partial charge in [0, 0.05) is 25.3 Å². The maximum absolute atomic E-state index is 12.0. The molecule has 1 aliphatic heterocycles. The molecule has 1 fully saturated rings. The molecular weight excluding hydrogens is 228 g/mol. The first-order valence-electron chi connectivity index (χ1n) is 6.66. The number of nitrogens with zero attached hydrogens (tertiary/aromatic N) is 3. The Bertz CT molecular complexity index is 405. The lowest BCUT2D eigenvalue weighted by Gasteiger charge is -2.30. The van der Waals surface area contributed by atoms with Gasteiger partial charge in [0.05, 0.1) is 11.9 Å². The quantitative estimate of drug-likeness (QED) is 0.877. The van der Waals surface area contributed by atoms with E-state index in [4.69, 9.17) is 0 Å². The zero-order valence-electron chi connectivity index (χ0n) is 11.4. The van der Waals surface area contributed by atoms with Crippen molar-refractivity contribution in [2.24, 2.45) is 5.92 Å². The number of hydrogen-bond acceptors (Lipinski definition) is 2. The van der Waals surface area contributed by atoms with Crippen LogP contribution in [0.3, 0.4) is 0 Å². The molecule has 1 aliphatic rings. The second-order valence-electron chi connectivity index (χ2n) is 5.40. The van der Waals surface area contributed by atoms with E-state index in [1.165, 1.54) is 0 Å². The van der Waals surface area contributed by atoms with E-state index < -0.39 is 0 Å².